The van der Waals surface area contributed by atoms with Crippen molar-refractivity contribution in [2.45, 2.75) is 26.8 Å². The molecule has 1 amide bonds. The zero-order valence-electron chi connectivity index (χ0n) is 16.8. The number of hydrogen-bond donors (Lipinski definition) is 2. The number of anilines is 2. The van der Waals surface area contributed by atoms with Gasteiger partial charge in [0.1, 0.15) is 11.6 Å². The molecule has 9 nitrogen and oxygen atoms in total. The number of hydrogen-bond acceptors (Lipinski definition) is 7. The third kappa shape index (κ3) is 4.14. The first-order valence-electron chi connectivity index (χ1n) is 9.78. The number of ether oxygens (including phenoxy) is 1. The lowest BCUT2D eigenvalue weighted by molar-refractivity contribution is 0.102. The minimum atomic E-state index is -0.298. The summed E-state index contributed by atoms with van der Waals surface area (Å²) in [6.07, 6.45) is 5.00. The molecule has 0 aromatic carbocycles. The van der Waals surface area contributed by atoms with Crippen molar-refractivity contribution in [2.75, 3.05) is 36.5 Å². The molecule has 0 unspecified atom stereocenters. The van der Waals surface area contributed by atoms with Gasteiger partial charge in [0.05, 0.1) is 42.0 Å². The number of fused-ring (bicyclic) bond motifs is 1. The summed E-state index contributed by atoms with van der Waals surface area (Å²) in [5, 5.41) is 10.6. The fraction of sp³-hybridized carbons (Fsp3) is 0.400. The molecule has 4 rings (SSSR count). The Bertz CT molecular complexity index is 1020. The molecule has 3 aromatic heterocycles. The summed E-state index contributed by atoms with van der Waals surface area (Å²) < 4.78 is 7.36. The number of carbonyl (C=O) groups excluding carboxylic acids is 1. The number of nitrogens with one attached hydrogen (secondary N) is 2. The highest BCUT2D eigenvalue weighted by Gasteiger charge is 2.19. The highest BCUT2D eigenvalue weighted by Crippen LogP contribution is 2.23. The van der Waals surface area contributed by atoms with Crippen LogP contribution in [0.25, 0.3) is 5.52 Å². The van der Waals surface area contributed by atoms with E-state index >= 15 is 0 Å². The van der Waals surface area contributed by atoms with Crippen LogP contribution in [0.5, 0.6) is 5.75 Å². The number of aromatic nitrogens is 4. The van der Waals surface area contributed by atoms with E-state index in [1.807, 2.05) is 19.9 Å². The molecule has 1 aliphatic heterocycles. The molecule has 4 heterocycles. The number of carbonyl (C=O) groups is 1. The molecule has 0 aliphatic carbocycles. The molecule has 1 aliphatic rings. The summed E-state index contributed by atoms with van der Waals surface area (Å²) in [7, 11) is 0. The smallest absolute Gasteiger partial charge is 0.260 e. The van der Waals surface area contributed by atoms with Gasteiger partial charge < -0.3 is 20.3 Å². The SMILES string of the molecule is CCOc1cn2nc(C)cc2cc1C(=O)Nc1cnc(N2CCN[C@@H](C)C2)cn1. The Labute approximate surface area is 169 Å². The summed E-state index contributed by atoms with van der Waals surface area (Å²) >= 11 is 0. The summed E-state index contributed by atoms with van der Waals surface area (Å²) in [6.45, 7) is 9.05. The molecule has 29 heavy (non-hydrogen) atoms. The Morgan fingerprint density at radius 2 is 2.21 bits per heavy atom. The normalized spacial score (nSPS) is 16.8. The average molecular weight is 395 g/mol. The van der Waals surface area contributed by atoms with Crippen LogP contribution in [0.15, 0.2) is 30.7 Å². The zero-order chi connectivity index (χ0) is 20.4. The van der Waals surface area contributed by atoms with Crippen molar-refractivity contribution < 1.29 is 9.53 Å². The largest absolute Gasteiger partial charge is 0.491 e. The lowest BCUT2D eigenvalue weighted by atomic mass is 10.2. The molecule has 1 fully saturated rings. The topological polar surface area (TPSA) is 96.7 Å². The minimum Gasteiger partial charge on any atom is -0.491 e. The molecule has 152 valence electrons. The van der Waals surface area contributed by atoms with Crippen LogP contribution in [0.4, 0.5) is 11.6 Å². The molecule has 1 saturated heterocycles. The Kier molecular flexibility index (Phi) is 5.30. The Hall–Kier alpha value is -3.20. The van der Waals surface area contributed by atoms with Crippen LogP contribution in [0.1, 0.15) is 29.9 Å². The van der Waals surface area contributed by atoms with Gasteiger partial charge in [-0.2, -0.15) is 5.10 Å². The van der Waals surface area contributed by atoms with Crippen molar-refractivity contribution in [3.63, 3.8) is 0 Å². The van der Waals surface area contributed by atoms with Gasteiger partial charge in [-0.05, 0) is 32.9 Å². The van der Waals surface area contributed by atoms with E-state index in [-0.39, 0.29) is 5.91 Å². The minimum absolute atomic E-state index is 0.298. The number of amides is 1. The van der Waals surface area contributed by atoms with E-state index < -0.39 is 0 Å². The van der Waals surface area contributed by atoms with Crippen LogP contribution in [0.2, 0.25) is 0 Å². The number of piperazine rings is 1. The van der Waals surface area contributed by atoms with Crippen molar-refractivity contribution in [3.8, 4) is 5.75 Å². The summed E-state index contributed by atoms with van der Waals surface area (Å²) in [4.78, 5) is 23.9. The third-order valence-corrected chi connectivity index (χ3v) is 4.80. The van der Waals surface area contributed by atoms with E-state index in [2.05, 4.69) is 37.5 Å². The lowest BCUT2D eigenvalue weighted by Crippen LogP contribution is -2.49. The van der Waals surface area contributed by atoms with Gasteiger partial charge in [0, 0.05) is 25.7 Å². The maximum Gasteiger partial charge on any atom is 0.260 e. The van der Waals surface area contributed by atoms with Crippen molar-refractivity contribution in [1.29, 1.82) is 0 Å². The number of rotatable bonds is 5. The maximum absolute atomic E-state index is 12.9. The number of pyridine rings is 1. The van der Waals surface area contributed by atoms with E-state index in [0.717, 1.165) is 36.7 Å². The van der Waals surface area contributed by atoms with Gasteiger partial charge in [-0.1, -0.05) is 0 Å². The van der Waals surface area contributed by atoms with E-state index in [1.54, 1.807) is 29.2 Å². The average Bonchev–Trinajstić information content (AvgIpc) is 3.07. The summed E-state index contributed by atoms with van der Waals surface area (Å²) in [5.74, 6) is 1.38. The van der Waals surface area contributed by atoms with Gasteiger partial charge in [-0.15, -0.1) is 0 Å². The molecule has 0 bridgehead atoms. The fourth-order valence-electron chi connectivity index (χ4n) is 3.47. The first kappa shape index (κ1) is 19.1. The summed E-state index contributed by atoms with van der Waals surface area (Å²) in [5.41, 5.74) is 2.13. The molecule has 0 saturated carbocycles. The van der Waals surface area contributed by atoms with Crippen molar-refractivity contribution in [3.05, 3.63) is 42.0 Å². The van der Waals surface area contributed by atoms with E-state index in [1.165, 1.54) is 0 Å². The first-order chi connectivity index (χ1) is 14.0. The molecular formula is C20H25N7O2. The van der Waals surface area contributed by atoms with Gasteiger partial charge in [0.2, 0.25) is 0 Å². The van der Waals surface area contributed by atoms with Crippen LogP contribution < -0.4 is 20.3 Å². The van der Waals surface area contributed by atoms with Crippen LogP contribution in [-0.2, 0) is 0 Å². The van der Waals surface area contributed by atoms with Gasteiger partial charge in [0.25, 0.3) is 5.91 Å². The highest BCUT2D eigenvalue weighted by atomic mass is 16.5. The second-order valence-corrected chi connectivity index (χ2v) is 7.15. The van der Waals surface area contributed by atoms with Crippen LogP contribution >= 0.6 is 0 Å². The second kappa shape index (κ2) is 8.04. The van der Waals surface area contributed by atoms with E-state index in [0.29, 0.717) is 29.8 Å². The maximum atomic E-state index is 12.9. The zero-order valence-corrected chi connectivity index (χ0v) is 16.8. The predicted octanol–water partition coefficient (Wildman–Crippen LogP) is 1.88. The van der Waals surface area contributed by atoms with Crippen LogP contribution in [-0.4, -0.2) is 57.8 Å². The number of nitrogens with zero attached hydrogens (tertiary/aromatic N) is 5. The molecule has 2 N–H and O–H groups in total. The Morgan fingerprint density at radius 3 is 2.93 bits per heavy atom. The molecule has 0 spiro atoms. The van der Waals surface area contributed by atoms with Gasteiger partial charge in [0.15, 0.2) is 5.82 Å². The standard InChI is InChI=1S/C20H25N7O2/c1-4-29-17-12-27-15(7-13(2)25-27)8-16(17)20(28)24-18-9-23-19(10-22-18)26-6-5-21-14(3)11-26/h7-10,12,14,21H,4-6,11H2,1-3H3,(H,22,24,28)/t14-/m0/s1. The van der Waals surface area contributed by atoms with Crippen molar-refractivity contribution in [1.82, 2.24) is 24.9 Å². The van der Waals surface area contributed by atoms with Gasteiger partial charge in [-0.25, -0.2) is 14.5 Å². The van der Waals surface area contributed by atoms with Crippen LogP contribution in [0, 0.1) is 6.92 Å². The second-order valence-electron chi connectivity index (χ2n) is 7.15. The van der Waals surface area contributed by atoms with Crippen molar-refractivity contribution in [2.24, 2.45) is 0 Å². The first-order valence-corrected chi connectivity index (χ1v) is 9.78. The van der Waals surface area contributed by atoms with Gasteiger partial charge in [-0.3, -0.25) is 4.79 Å². The van der Waals surface area contributed by atoms with Crippen LogP contribution in [0.3, 0.4) is 0 Å². The molecule has 0 radical (unpaired) electrons. The molecular weight excluding hydrogens is 370 g/mol. The quantitative estimate of drug-likeness (QED) is 0.681. The molecule has 1 atom stereocenters. The predicted molar refractivity (Wildman–Crippen MR) is 111 cm³/mol. The lowest BCUT2D eigenvalue weighted by Gasteiger charge is -2.32. The molecule has 9 heteroatoms. The Morgan fingerprint density at radius 1 is 1.34 bits per heavy atom. The fourth-order valence-corrected chi connectivity index (χ4v) is 3.47. The monoisotopic (exact) mass is 395 g/mol. The van der Waals surface area contributed by atoms with E-state index in [4.69, 9.17) is 4.74 Å². The highest BCUT2D eigenvalue weighted by molar-refractivity contribution is 6.06. The third-order valence-electron chi connectivity index (χ3n) is 4.80. The summed E-state index contributed by atoms with van der Waals surface area (Å²) in [6, 6.07) is 4.09. The van der Waals surface area contributed by atoms with Gasteiger partial charge >= 0.3 is 0 Å². The van der Waals surface area contributed by atoms with Crippen molar-refractivity contribution >= 4 is 23.1 Å². The Balaban J connectivity index is 1.53. The number of aryl methyl sites for hydroxylation is 1. The van der Waals surface area contributed by atoms with E-state index in [9.17, 15) is 4.79 Å². The molecule has 3 aromatic rings.